The van der Waals surface area contributed by atoms with E-state index in [4.69, 9.17) is 5.73 Å². The first kappa shape index (κ1) is 9.86. The quantitative estimate of drug-likeness (QED) is 0.816. The molecule has 0 aliphatic heterocycles. The highest BCUT2D eigenvalue weighted by molar-refractivity contribution is 7.10. The van der Waals surface area contributed by atoms with Crippen molar-refractivity contribution in [2.45, 2.75) is 56.9 Å². The van der Waals surface area contributed by atoms with Crippen LogP contribution < -0.4 is 5.73 Å². The van der Waals surface area contributed by atoms with Crippen molar-refractivity contribution in [2.75, 3.05) is 0 Å². The molecular weight excluding hydrogens is 202 g/mol. The maximum Gasteiger partial charge on any atom is 0.0113 e. The molecule has 1 nitrogen and oxygen atoms in total. The van der Waals surface area contributed by atoms with Crippen molar-refractivity contribution >= 4 is 11.3 Å². The van der Waals surface area contributed by atoms with E-state index < -0.39 is 0 Å². The van der Waals surface area contributed by atoms with Crippen LogP contribution in [0, 0.1) is 0 Å². The van der Waals surface area contributed by atoms with Gasteiger partial charge in [-0.05, 0) is 62.0 Å². The molecule has 2 heteroatoms. The largest absolute Gasteiger partial charge is 0.327 e. The van der Waals surface area contributed by atoms with E-state index in [1.165, 1.54) is 38.5 Å². The standard InChI is InChI=1S/C13H19NS/c1-9(14)13(6-7-13)11-8-15-12-5-3-2-4-10(11)12/h8-9H,2-7,14H2,1H3. The van der Waals surface area contributed by atoms with Crippen LogP contribution >= 0.6 is 11.3 Å². The smallest absolute Gasteiger partial charge is 0.0113 e. The fourth-order valence-electron chi connectivity index (χ4n) is 3.02. The SMILES string of the molecule is CC(N)C1(c2csc3c2CCCC3)CC1. The Hall–Kier alpha value is -0.340. The van der Waals surface area contributed by atoms with Crippen LogP contribution in [-0.4, -0.2) is 6.04 Å². The monoisotopic (exact) mass is 221 g/mol. The van der Waals surface area contributed by atoms with Gasteiger partial charge in [0, 0.05) is 16.3 Å². The first-order chi connectivity index (χ1) is 7.24. The Morgan fingerprint density at radius 3 is 2.73 bits per heavy atom. The van der Waals surface area contributed by atoms with Gasteiger partial charge in [0.05, 0.1) is 0 Å². The highest BCUT2D eigenvalue weighted by Gasteiger charge is 2.49. The summed E-state index contributed by atoms with van der Waals surface area (Å²) in [6.07, 6.45) is 8.02. The summed E-state index contributed by atoms with van der Waals surface area (Å²) >= 11 is 1.98. The molecule has 0 spiro atoms. The van der Waals surface area contributed by atoms with Crippen molar-refractivity contribution in [1.82, 2.24) is 0 Å². The Bertz CT molecular complexity index is 374. The van der Waals surface area contributed by atoms with Gasteiger partial charge in [0.15, 0.2) is 0 Å². The van der Waals surface area contributed by atoms with E-state index in [1.54, 1.807) is 16.0 Å². The molecule has 0 bridgehead atoms. The molecular formula is C13H19NS. The molecule has 1 fully saturated rings. The van der Waals surface area contributed by atoms with Gasteiger partial charge < -0.3 is 5.73 Å². The third-order valence-corrected chi connectivity index (χ3v) is 5.35. The Morgan fingerprint density at radius 2 is 2.07 bits per heavy atom. The minimum absolute atomic E-state index is 0.332. The van der Waals surface area contributed by atoms with E-state index in [2.05, 4.69) is 12.3 Å². The van der Waals surface area contributed by atoms with Crippen molar-refractivity contribution in [1.29, 1.82) is 0 Å². The molecule has 0 saturated heterocycles. The van der Waals surface area contributed by atoms with Crippen LogP contribution in [0.5, 0.6) is 0 Å². The average Bonchev–Trinajstić information content (AvgIpc) is 2.93. The van der Waals surface area contributed by atoms with Crippen molar-refractivity contribution < 1.29 is 0 Å². The number of fused-ring (bicyclic) bond motifs is 1. The van der Waals surface area contributed by atoms with Crippen molar-refractivity contribution in [3.8, 4) is 0 Å². The van der Waals surface area contributed by atoms with Crippen molar-refractivity contribution in [2.24, 2.45) is 5.73 Å². The van der Waals surface area contributed by atoms with E-state index >= 15 is 0 Å². The maximum absolute atomic E-state index is 6.16. The lowest BCUT2D eigenvalue weighted by atomic mass is 9.84. The lowest BCUT2D eigenvalue weighted by Gasteiger charge is -2.22. The summed E-state index contributed by atoms with van der Waals surface area (Å²) in [7, 11) is 0. The van der Waals surface area contributed by atoms with Crippen LogP contribution in [-0.2, 0) is 18.3 Å². The van der Waals surface area contributed by atoms with Gasteiger partial charge >= 0.3 is 0 Å². The molecule has 1 aromatic heterocycles. The minimum atomic E-state index is 0.332. The Morgan fingerprint density at radius 1 is 1.33 bits per heavy atom. The van der Waals surface area contributed by atoms with Gasteiger partial charge in [-0.2, -0.15) is 0 Å². The molecule has 3 rings (SSSR count). The van der Waals surface area contributed by atoms with Crippen LogP contribution in [0.1, 0.15) is 48.6 Å². The molecule has 0 amide bonds. The predicted molar refractivity (Wildman–Crippen MR) is 65.5 cm³/mol. The highest BCUT2D eigenvalue weighted by atomic mass is 32.1. The lowest BCUT2D eigenvalue weighted by molar-refractivity contribution is 0.548. The van der Waals surface area contributed by atoms with E-state index in [0.29, 0.717) is 11.5 Å². The van der Waals surface area contributed by atoms with Gasteiger partial charge in [-0.3, -0.25) is 0 Å². The second-order valence-electron chi connectivity index (χ2n) is 5.20. The number of hydrogen-bond donors (Lipinski definition) is 1. The van der Waals surface area contributed by atoms with Crippen LogP contribution in [0.15, 0.2) is 5.38 Å². The zero-order chi connectivity index (χ0) is 10.5. The van der Waals surface area contributed by atoms with Gasteiger partial charge in [-0.25, -0.2) is 0 Å². The molecule has 1 aromatic rings. The number of hydrogen-bond acceptors (Lipinski definition) is 2. The van der Waals surface area contributed by atoms with Crippen molar-refractivity contribution in [3.63, 3.8) is 0 Å². The highest BCUT2D eigenvalue weighted by Crippen LogP contribution is 2.53. The van der Waals surface area contributed by atoms with Crippen LogP contribution in [0.25, 0.3) is 0 Å². The Labute approximate surface area is 95.7 Å². The number of rotatable bonds is 2. The van der Waals surface area contributed by atoms with E-state index in [0.717, 1.165) is 0 Å². The van der Waals surface area contributed by atoms with Crippen LogP contribution in [0.4, 0.5) is 0 Å². The fourth-order valence-corrected chi connectivity index (χ4v) is 4.27. The van der Waals surface area contributed by atoms with Gasteiger partial charge in [-0.15, -0.1) is 11.3 Å². The van der Waals surface area contributed by atoms with Crippen LogP contribution in [0.3, 0.4) is 0 Å². The molecule has 1 atom stereocenters. The fraction of sp³-hybridized carbons (Fsp3) is 0.692. The second-order valence-corrected chi connectivity index (χ2v) is 6.17. The number of nitrogens with two attached hydrogens (primary N) is 1. The van der Waals surface area contributed by atoms with Gasteiger partial charge in [0.1, 0.15) is 0 Å². The molecule has 82 valence electrons. The number of aryl methyl sites for hydroxylation is 1. The van der Waals surface area contributed by atoms with Crippen LogP contribution in [0.2, 0.25) is 0 Å². The lowest BCUT2D eigenvalue weighted by Crippen LogP contribution is -2.32. The Kier molecular flexibility index (Phi) is 2.18. The molecule has 0 radical (unpaired) electrons. The van der Waals surface area contributed by atoms with E-state index in [1.807, 2.05) is 11.3 Å². The minimum Gasteiger partial charge on any atom is -0.327 e. The second kappa shape index (κ2) is 3.33. The van der Waals surface area contributed by atoms with Gasteiger partial charge in [0.2, 0.25) is 0 Å². The first-order valence-corrected chi connectivity index (χ1v) is 6.97. The summed E-state index contributed by atoms with van der Waals surface area (Å²) in [5.41, 5.74) is 9.84. The summed E-state index contributed by atoms with van der Waals surface area (Å²) in [5, 5.41) is 2.41. The molecule has 2 aliphatic rings. The third kappa shape index (κ3) is 1.38. The van der Waals surface area contributed by atoms with Gasteiger partial charge in [-0.1, -0.05) is 0 Å². The molecule has 1 unspecified atom stereocenters. The molecule has 1 saturated carbocycles. The van der Waals surface area contributed by atoms with E-state index in [-0.39, 0.29) is 0 Å². The summed E-state index contributed by atoms with van der Waals surface area (Å²) < 4.78 is 0. The summed E-state index contributed by atoms with van der Waals surface area (Å²) in [4.78, 5) is 1.66. The summed E-state index contributed by atoms with van der Waals surface area (Å²) in [6.45, 7) is 2.18. The number of thiophene rings is 1. The molecule has 2 N–H and O–H groups in total. The van der Waals surface area contributed by atoms with Gasteiger partial charge in [0.25, 0.3) is 0 Å². The van der Waals surface area contributed by atoms with Crippen molar-refractivity contribution in [3.05, 3.63) is 21.4 Å². The third-order valence-electron chi connectivity index (χ3n) is 4.26. The topological polar surface area (TPSA) is 26.0 Å². The molecule has 1 heterocycles. The molecule has 0 aromatic carbocycles. The molecule has 15 heavy (non-hydrogen) atoms. The van der Waals surface area contributed by atoms with E-state index in [9.17, 15) is 0 Å². The Balaban J connectivity index is 2.02. The predicted octanol–water partition coefficient (Wildman–Crippen LogP) is 3.01. The first-order valence-electron chi connectivity index (χ1n) is 6.09. The zero-order valence-electron chi connectivity index (χ0n) is 9.38. The maximum atomic E-state index is 6.16. The normalized spacial score (nSPS) is 24.7. The summed E-state index contributed by atoms with van der Waals surface area (Å²) in [5.74, 6) is 0. The average molecular weight is 221 g/mol. The zero-order valence-corrected chi connectivity index (χ0v) is 10.2. The summed E-state index contributed by atoms with van der Waals surface area (Å²) in [6, 6.07) is 0.332. The molecule has 2 aliphatic carbocycles.